The molecule has 0 fully saturated rings. The molecule has 0 saturated carbocycles. The van der Waals surface area contributed by atoms with Gasteiger partial charge in [0.15, 0.2) is 0 Å². The molecule has 0 N–H and O–H groups in total. The molecule has 0 aliphatic heterocycles. The summed E-state index contributed by atoms with van der Waals surface area (Å²) in [5, 5.41) is 4.21. The Morgan fingerprint density at radius 2 is 0.850 bits per heavy atom. The molecule has 1 aliphatic carbocycles. The molecule has 9 aromatic carbocycles. The van der Waals surface area contributed by atoms with Crippen molar-refractivity contribution in [2.45, 2.75) is 19.3 Å². The number of nitrogens with zero attached hydrogens (tertiary/aromatic N) is 1. The van der Waals surface area contributed by atoms with Crippen LogP contribution in [-0.2, 0) is 5.41 Å². The van der Waals surface area contributed by atoms with Crippen molar-refractivity contribution in [1.29, 1.82) is 0 Å². The van der Waals surface area contributed by atoms with E-state index in [1.165, 1.54) is 38.9 Å². The van der Waals surface area contributed by atoms with Gasteiger partial charge in [0.2, 0.25) is 0 Å². The first-order valence-corrected chi connectivity index (χ1v) is 20.7. The summed E-state index contributed by atoms with van der Waals surface area (Å²) in [6.45, 7) is 4.69. The van der Waals surface area contributed by atoms with Crippen LogP contribution >= 0.6 is 0 Å². The summed E-state index contributed by atoms with van der Waals surface area (Å²) in [5.41, 5.74) is 18.8. The Morgan fingerprint density at radius 3 is 1.62 bits per heavy atom. The lowest BCUT2D eigenvalue weighted by atomic mass is 9.82. The van der Waals surface area contributed by atoms with E-state index in [-0.39, 0.29) is 5.41 Å². The molecule has 60 heavy (non-hydrogen) atoms. The number of anilines is 3. The minimum Gasteiger partial charge on any atom is -0.456 e. The number of rotatable bonds is 6. The van der Waals surface area contributed by atoms with Crippen LogP contribution in [0.2, 0.25) is 0 Å². The second kappa shape index (κ2) is 13.2. The maximum absolute atomic E-state index is 6.81. The summed E-state index contributed by atoms with van der Waals surface area (Å²) < 4.78 is 13.3. The Kier molecular flexibility index (Phi) is 7.58. The number of hydrogen-bond acceptors (Lipinski definition) is 3. The first-order chi connectivity index (χ1) is 29.5. The van der Waals surface area contributed by atoms with E-state index in [4.69, 9.17) is 8.83 Å². The number of hydrogen-bond donors (Lipinski definition) is 0. The zero-order valence-corrected chi connectivity index (χ0v) is 33.3. The van der Waals surface area contributed by atoms with E-state index in [1.807, 2.05) is 6.07 Å². The normalized spacial score (nSPS) is 13.0. The smallest absolute Gasteiger partial charge is 0.137 e. The molecule has 284 valence electrons. The van der Waals surface area contributed by atoms with Crippen LogP contribution in [0.5, 0.6) is 0 Å². The van der Waals surface area contributed by atoms with Gasteiger partial charge in [0, 0.05) is 50.0 Å². The van der Waals surface area contributed by atoms with Gasteiger partial charge in [0.1, 0.15) is 22.3 Å². The molecular weight excluding hydrogens is 731 g/mol. The van der Waals surface area contributed by atoms with Gasteiger partial charge in [0.25, 0.3) is 0 Å². The highest BCUT2D eigenvalue weighted by atomic mass is 16.3. The van der Waals surface area contributed by atoms with E-state index in [0.29, 0.717) is 0 Å². The van der Waals surface area contributed by atoms with E-state index in [1.54, 1.807) is 0 Å². The topological polar surface area (TPSA) is 29.5 Å². The fourth-order valence-electron chi connectivity index (χ4n) is 9.63. The average Bonchev–Trinajstić information content (AvgIpc) is 3.92. The van der Waals surface area contributed by atoms with Gasteiger partial charge in [0.05, 0.1) is 5.69 Å². The van der Waals surface area contributed by atoms with Gasteiger partial charge in [-0.05, 0) is 105 Å². The van der Waals surface area contributed by atoms with Crippen LogP contribution in [0.1, 0.15) is 25.0 Å². The minimum atomic E-state index is -0.147. The summed E-state index contributed by atoms with van der Waals surface area (Å²) in [7, 11) is 0. The second-order valence-electron chi connectivity index (χ2n) is 16.5. The summed E-state index contributed by atoms with van der Waals surface area (Å²) >= 11 is 0. The van der Waals surface area contributed by atoms with Crippen molar-refractivity contribution in [2.75, 3.05) is 4.90 Å². The van der Waals surface area contributed by atoms with Gasteiger partial charge in [-0.1, -0.05) is 153 Å². The van der Waals surface area contributed by atoms with Crippen molar-refractivity contribution in [3.8, 4) is 44.5 Å². The maximum atomic E-state index is 6.81. The van der Waals surface area contributed by atoms with Crippen LogP contribution < -0.4 is 4.90 Å². The van der Waals surface area contributed by atoms with Crippen LogP contribution in [0.25, 0.3) is 88.4 Å². The third-order valence-corrected chi connectivity index (χ3v) is 12.7. The Bertz CT molecular complexity index is 3450. The molecule has 0 radical (unpaired) electrons. The number of fused-ring (bicyclic) bond motifs is 9. The van der Waals surface area contributed by atoms with E-state index in [2.05, 4.69) is 213 Å². The maximum Gasteiger partial charge on any atom is 0.137 e. The molecule has 0 atom stereocenters. The molecule has 12 rings (SSSR count). The van der Waals surface area contributed by atoms with Crippen LogP contribution in [0.15, 0.2) is 209 Å². The molecule has 0 amide bonds. The SMILES string of the molecule is CC1(C)c2ccccc2-c2ccc(N(c3ccc4c(c3)oc3cc5c(cc34)oc3ccc(-c4ccccc4)cc35)c3ccccc3-c3ccc(-c4ccccc4)cc3)cc21. The third-order valence-electron chi connectivity index (χ3n) is 12.7. The van der Waals surface area contributed by atoms with Crippen LogP contribution in [0.4, 0.5) is 17.1 Å². The first kappa shape index (κ1) is 34.4. The molecule has 2 aromatic heterocycles. The molecule has 0 saturated heterocycles. The summed E-state index contributed by atoms with van der Waals surface area (Å²) in [4.78, 5) is 2.40. The molecule has 0 spiro atoms. The van der Waals surface area contributed by atoms with Crippen molar-refractivity contribution < 1.29 is 8.83 Å². The minimum absolute atomic E-state index is 0.147. The van der Waals surface area contributed by atoms with Gasteiger partial charge in [-0.25, -0.2) is 0 Å². The summed E-state index contributed by atoms with van der Waals surface area (Å²) in [5.74, 6) is 0. The van der Waals surface area contributed by atoms with Gasteiger partial charge in [-0.2, -0.15) is 0 Å². The monoisotopic (exact) mass is 769 g/mol. The van der Waals surface area contributed by atoms with E-state index >= 15 is 0 Å². The Balaban J connectivity index is 1.02. The fourth-order valence-corrected chi connectivity index (χ4v) is 9.63. The summed E-state index contributed by atoms with van der Waals surface area (Å²) in [6, 6.07) is 71.9. The highest BCUT2D eigenvalue weighted by Crippen LogP contribution is 2.51. The summed E-state index contributed by atoms with van der Waals surface area (Å²) in [6.07, 6.45) is 0. The van der Waals surface area contributed by atoms with Gasteiger partial charge in [-0.3, -0.25) is 0 Å². The van der Waals surface area contributed by atoms with Gasteiger partial charge >= 0.3 is 0 Å². The molecule has 3 nitrogen and oxygen atoms in total. The Morgan fingerprint density at radius 1 is 0.333 bits per heavy atom. The number of para-hydroxylation sites is 1. The van der Waals surface area contributed by atoms with Crippen molar-refractivity contribution >= 4 is 60.9 Å². The van der Waals surface area contributed by atoms with Crippen LogP contribution in [0.3, 0.4) is 0 Å². The van der Waals surface area contributed by atoms with Crippen molar-refractivity contribution in [3.05, 3.63) is 211 Å². The molecule has 1 aliphatic rings. The van der Waals surface area contributed by atoms with E-state index < -0.39 is 0 Å². The largest absolute Gasteiger partial charge is 0.456 e. The Labute approximate surface area is 348 Å². The zero-order valence-electron chi connectivity index (χ0n) is 33.3. The number of benzene rings is 9. The van der Waals surface area contributed by atoms with Crippen LogP contribution in [-0.4, -0.2) is 0 Å². The predicted octanol–water partition coefficient (Wildman–Crippen LogP) is 16.3. The third kappa shape index (κ3) is 5.36. The highest BCUT2D eigenvalue weighted by Gasteiger charge is 2.36. The van der Waals surface area contributed by atoms with Crippen molar-refractivity contribution in [1.82, 2.24) is 0 Å². The molecule has 2 heterocycles. The lowest BCUT2D eigenvalue weighted by molar-refractivity contribution is 0.660. The van der Waals surface area contributed by atoms with Crippen molar-refractivity contribution in [3.63, 3.8) is 0 Å². The molecule has 0 unspecified atom stereocenters. The standard InChI is InChI=1S/C57H39NO2/c1-57(2)50-19-11-9-18-44(50)45-28-26-41(32-51(45)57)58(52-20-12-10-17-43(52)39-23-21-38(22-24-39)36-13-5-3-6-14-36)42-27-29-46-48-34-56-49(35-55(48)60-54(46)33-42)47-31-40(25-30-53(47)59-56)37-15-7-4-8-16-37/h3-35H,1-2H3. The lowest BCUT2D eigenvalue weighted by Crippen LogP contribution is -2.16. The van der Waals surface area contributed by atoms with E-state index in [9.17, 15) is 0 Å². The fraction of sp³-hybridized carbons (Fsp3) is 0.0526. The molecule has 11 aromatic rings. The van der Waals surface area contributed by atoms with E-state index in [0.717, 1.165) is 77.6 Å². The lowest BCUT2D eigenvalue weighted by Gasteiger charge is -2.29. The van der Waals surface area contributed by atoms with Gasteiger partial charge in [-0.15, -0.1) is 0 Å². The zero-order chi connectivity index (χ0) is 40.0. The average molecular weight is 770 g/mol. The molecule has 0 bridgehead atoms. The van der Waals surface area contributed by atoms with Crippen molar-refractivity contribution in [2.24, 2.45) is 0 Å². The second-order valence-corrected chi connectivity index (χ2v) is 16.5. The predicted molar refractivity (Wildman–Crippen MR) is 250 cm³/mol. The quantitative estimate of drug-likeness (QED) is 0.169. The highest BCUT2D eigenvalue weighted by molar-refractivity contribution is 6.15. The van der Waals surface area contributed by atoms with Crippen LogP contribution in [0, 0.1) is 0 Å². The Hall–Kier alpha value is -7.62. The first-order valence-electron chi connectivity index (χ1n) is 20.7. The number of furan rings is 2. The van der Waals surface area contributed by atoms with Gasteiger partial charge < -0.3 is 13.7 Å². The molecular formula is C57H39NO2. The molecule has 3 heteroatoms.